The van der Waals surface area contributed by atoms with E-state index in [9.17, 15) is 14.7 Å². The maximum absolute atomic E-state index is 13.3. The smallest absolute Gasteiger partial charge is 0.300 e. The second kappa shape index (κ2) is 9.23. The number of nitrogens with zero attached hydrogens (tertiary/aromatic N) is 1. The van der Waals surface area contributed by atoms with Crippen molar-refractivity contribution >= 4 is 34.7 Å². The maximum Gasteiger partial charge on any atom is 0.300 e. The summed E-state index contributed by atoms with van der Waals surface area (Å²) in [5, 5.41) is 11.6. The molecule has 1 N–H and O–H groups in total. The second-order valence-corrected chi connectivity index (χ2v) is 8.49. The summed E-state index contributed by atoms with van der Waals surface area (Å²) in [6, 6.07) is 16.6. The predicted molar refractivity (Wildman–Crippen MR) is 132 cm³/mol. The number of Topliss-reactive ketones (excluding diaryl/α,β-unsaturated/α-hetero) is 1. The molecule has 0 bridgehead atoms. The Morgan fingerprint density at radius 2 is 1.65 bits per heavy atom. The number of aliphatic hydroxyl groups is 1. The molecule has 6 nitrogen and oxygen atoms in total. The molecule has 1 saturated heterocycles. The number of anilines is 1. The van der Waals surface area contributed by atoms with Gasteiger partial charge in [0, 0.05) is 11.3 Å². The molecule has 3 aromatic carbocycles. The number of aryl methyl sites for hydroxylation is 2. The zero-order chi connectivity index (χ0) is 24.6. The monoisotopic (exact) mass is 477 g/mol. The van der Waals surface area contributed by atoms with E-state index in [1.54, 1.807) is 43.5 Å². The van der Waals surface area contributed by atoms with E-state index < -0.39 is 17.7 Å². The Bertz CT molecular complexity index is 1310. The van der Waals surface area contributed by atoms with Crippen LogP contribution in [-0.2, 0) is 9.59 Å². The van der Waals surface area contributed by atoms with Gasteiger partial charge in [0.1, 0.15) is 17.3 Å². The van der Waals surface area contributed by atoms with Gasteiger partial charge in [0.25, 0.3) is 11.7 Å². The van der Waals surface area contributed by atoms with E-state index in [1.807, 2.05) is 32.0 Å². The Morgan fingerprint density at radius 1 is 0.941 bits per heavy atom. The van der Waals surface area contributed by atoms with E-state index in [1.165, 1.54) is 18.1 Å². The quantitative estimate of drug-likeness (QED) is 0.294. The Morgan fingerprint density at radius 3 is 2.26 bits per heavy atom. The number of ether oxygens (including phenoxy) is 2. The second-order valence-electron chi connectivity index (χ2n) is 8.08. The van der Waals surface area contributed by atoms with Crippen LogP contribution in [0.1, 0.15) is 28.3 Å². The number of carbonyl (C=O) groups excluding carboxylic acids is 2. The van der Waals surface area contributed by atoms with Gasteiger partial charge in [0.05, 0.1) is 30.9 Å². The minimum absolute atomic E-state index is 0.0143. The molecule has 0 aromatic heterocycles. The van der Waals surface area contributed by atoms with Crippen LogP contribution in [0.4, 0.5) is 5.69 Å². The zero-order valence-electron chi connectivity index (χ0n) is 19.3. The van der Waals surface area contributed by atoms with Crippen LogP contribution in [0.15, 0.2) is 66.2 Å². The van der Waals surface area contributed by atoms with Crippen LogP contribution in [0.2, 0.25) is 5.02 Å². The van der Waals surface area contributed by atoms with Crippen LogP contribution in [0, 0.1) is 13.8 Å². The Balaban J connectivity index is 1.96. The Hall–Kier alpha value is -3.77. The van der Waals surface area contributed by atoms with Crippen LogP contribution >= 0.6 is 11.6 Å². The zero-order valence-corrected chi connectivity index (χ0v) is 20.0. The number of halogens is 1. The van der Waals surface area contributed by atoms with Crippen molar-refractivity contribution in [1.29, 1.82) is 0 Å². The molecule has 0 aliphatic carbocycles. The van der Waals surface area contributed by atoms with Crippen molar-refractivity contribution in [3.8, 4) is 11.5 Å². The van der Waals surface area contributed by atoms with Crippen LogP contribution in [0.25, 0.3) is 5.76 Å². The number of methoxy groups -OCH3 is 2. The van der Waals surface area contributed by atoms with E-state index in [2.05, 4.69) is 0 Å². The number of amides is 1. The molecule has 0 saturated carbocycles. The third-order valence-corrected chi connectivity index (χ3v) is 6.22. The third kappa shape index (κ3) is 4.01. The van der Waals surface area contributed by atoms with Gasteiger partial charge in [-0.2, -0.15) is 0 Å². The SMILES string of the molecule is COc1ccc(C2/C(=C(\O)c3ccc(Cl)c(OC)c3)C(=O)C(=O)N2c2ccc(C)cc2C)cc1. The highest BCUT2D eigenvalue weighted by atomic mass is 35.5. The molecule has 1 amide bonds. The lowest BCUT2D eigenvalue weighted by Gasteiger charge is -2.27. The highest BCUT2D eigenvalue weighted by Crippen LogP contribution is 2.44. The molecule has 0 radical (unpaired) electrons. The first-order valence-corrected chi connectivity index (χ1v) is 11.0. The number of hydrogen-bond acceptors (Lipinski definition) is 5. The summed E-state index contributed by atoms with van der Waals surface area (Å²) in [5.41, 5.74) is 3.43. The number of aliphatic hydroxyl groups excluding tert-OH is 1. The summed E-state index contributed by atoms with van der Waals surface area (Å²) < 4.78 is 10.5. The molecular weight excluding hydrogens is 454 g/mol. The summed E-state index contributed by atoms with van der Waals surface area (Å²) in [6.45, 7) is 3.84. The number of carbonyl (C=O) groups is 2. The van der Waals surface area contributed by atoms with Crippen molar-refractivity contribution < 1.29 is 24.2 Å². The molecule has 7 heteroatoms. The normalized spacial score (nSPS) is 17.2. The summed E-state index contributed by atoms with van der Waals surface area (Å²) >= 11 is 6.14. The molecule has 0 spiro atoms. The van der Waals surface area contributed by atoms with Gasteiger partial charge in [0.2, 0.25) is 0 Å². The first-order chi connectivity index (χ1) is 16.3. The Kier molecular flexibility index (Phi) is 6.35. The number of ketones is 1. The van der Waals surface area contributed by atoms with Gasteiger partial charge in [-0.15, -0.1) is 0 Å². The van der Waals surface area contributed by atoms with Gasteiger partial charge < -0.3 is 14.6 Å². The van der Waals surface area contributed by atoms with Gasteiger partial charge >= 0.3 is 0 Å². The number of rotatable bonds is 5. The molecule has 1 heterocycles. The largest absolute Gasteiger partial charge is 0.507 e. The first-order valence-electron chi connectivity index (χ1n) is 10.6. The molecule has 1 aliphatic heterocycles. The topological polar surface area (TPSA) is 76.1 Å². The van der Waals surface area contributed by atoms with Crippen molar-refractivity contribution in [2.75, 3.05) is 19.1 Å². The van der Waals surface area contributed by atoms with Crippen molar-refractivity contribution in [1.82, 2.24) is 0 Å². The van der Waals surface area contributed by atoms with E-state index in [-0.39, 0.29) is 11.3 Å². The highest BCUT2D eigenvalue weighted by Gasteiger charge is 2.47. The fourth-order valence-corrected chi connectivity index (χ4v) is 4.42. The molecule has 4 rings (SSSR count). The van der Waals surface area contributed by atoms with Crippen molar-refractivity contribution in [3.63, 3.8) is 0 Å². The molecule has 1 atom stereocenters. The van der Waals surface area contributed by atoms with E-state index >= 15 is 0 Å². The van der Waals surface area contributed by atoms with Gasteiger partial charge in [-0.05, 0) is 61.4 Å². The lowest BCUT2D eigenvalue weighted by molar-refractivity contribution is -0.132. The average Bonchev–Trinajstić information content (AvgIpc) is 3.09. The van der Waals surface area contributed by atoms with Gasteiger partial charge in [-0.25, -0.2) is 0 Å². The van der Waals surface area contributed by atoms with Crippen molar-refractivity contribution in [2.45, 2.75) is 19.9 Å². The minimum atomic E-state index is -0.839. The molecule has 1 fully saturated rings. The fraction of sp³-hybridized carbons (Fsp3) is 0.185. The van der Waals surface area contributed by atoms with Crippen molar-refractivity contribution in [3.05, 3.63) is 93.5 Å². The van der Waals surface area contributed by atoms with Gasteiger partial charge in [0.15, 0.2) is 0 Å². The van der Waals surface area contributed by atoms with Crippen molar-refractivity contribution in [2.24, 2.45) is 0 Å². The maximum atomic E-state index is 13.3. The molecule has 3 aromatic rings. The van der Waals surface area contributed by atoms with Crippen LogP contribution < -0.4 is 14.4 Å². The Labute approximate surface area is 203 Å². The molecule has 1 aliphatic rings. The van der Waals surface area contributed by atoms with E-state index in [4.69, 9.17) is 21.1 Å². The summed E-state index contributed by atoms with van der Waals surface area (Å²) in [4.78, 5) is 28.1. The lowest BCUT2D eigenvalue weighted by Crippen LogP contribution is -2.30. The van der Waals surface area contributed by atoms with Gasteiger partial charge in [-0.3, -0.25) is 14.5 Å². The summed E-state index contributed by atoms with van der Waals surface area (Å²) in [5.74, 6) is -0.811. The molecule has 174 valence electrons. The highest BCUT2D eigenvalue weighted by molar-refractivity contribution is 6.51. The standard InChI is InChI=1S/C27H24ClNO5/c1-15-5-12-21(16(2)13-15)29-24(17-6-9-19(33-3)10-7-17)23(26(31)27(29)32)25(30)18-8-11-20(28)22(14-18)34-4/h5-14,24,30H,1-4H3/b25-23+. The summed E-state index contributed by atoms with van der Waals surface area (Å²) in [6.07, 6.45) is 0. The van der Waals surface area contributed by atoms with Crippen LogP contribution in [0.3, 0.4) is 0 Å². The minimum Gasteiger partial charge on any atom is -0.507 e. The average molecular weight is 478 g/mol. The van der Waals surface area contributed by atoms with Crippen LogP contribution in [0.5, 0.6) is 11.5 Å². The third-order valence-electron chi connectivity index (χ3n) is 5.91. The van der Waals surface area contributed by atoms with E-state index in [0.717, 1.165) is 11.1 Å². The van der Waals surface area contributed by atoms with Crippen LogP contribution in [-0.4, -0.2) is 31.0 Å². The molecular formula is C27H24ClNO5. The summed E-state index contributed by atoms with van der Waals surface area (Å²) in [7, 11) is 3.02. The van der Waals surface area contributed by atoms with Gasteiger partial charge in [-0.1, -0.05) is 41.4 Å². The number of benzene rings is 3. The molecule has 34 heavy (non-hydrogen) atoms. The van der Waals surface area contributed by atoms with E-state index in [0.29, 0.717) is 33.3 Å². The molecule has 1 unspecified atom stereocenters. The predicted octanol–water partition coefficient (Wildman–Crippen LogP) is 5.60. The first kappa shape index (κ1) is 23.4. The lowest BCUT2D eigenvalue weighted by atomic mass is 9.94. The fourth-order valence-electron chi connectivity index (χ4n) is 4.22. The number of hydrogen-bond donors (Lipinski definition) is 1.